The molecular formula is C17H29N3. The van der Waals surface area contributed by atoms with Crippen molar-refractivity contribution in [1.29, 1.82) is 0 Å². The van der Waals surface area contributed by atoms with Crippen LogP contribution in [0.4, 0.5) is 5.82 Å². The molecule has 0 aliphatic carbocycles. The number of pyridine rings is 1. The van der Waals surface area contributed by atoms with Crippen molar-refractivity contribution in [2.24, 2.45) is 5.73 Å². The molecule has 2 unspecified atom stereocenters. The molecule has 0 aromatic carbocycles. The van der Waals surface area contributed by atoms with Crippen LogP contribution in [0.1, 0.15) is 57.1 Å². The number of aryl methyl sites for hydroxylation is 1. The van der Waals surface area contributed by atoms with Crippen LogP contribution in [0.2, 0.25) is 0 Å². The largest absolute Gasteiger partial charge is 0.353 e. The second kappa shape index (κ2) is 7.07. The Morgan fingerprint density at radius 3 is 2.90 bits per heavy atom. The summed E-state index contributed by atoms with van der Waals surface area (Å²) in [5.74, 6) is 1.19. The minimum atomic E-state index is 0.199. The van der Waals surface area contributed by atoms with Gasteiger partial charge in [0.15, 0.2) is 0 Å². The molecule has 0 bridgehead atoms. The zero-order valence-electron chi connectivity index (χ0n) is 13.2. The van der Waals surface area contributed by atoms with E-state index in [0.717, 1.165) is 13.0 Å². The molecule has 3 heteroatoms. The van der Waals surface area contributed by atoms with Crippen LogP contribution in [-0.2, 0) is 6.42 Å². The summed E-state index contributed by atoms with van der Waals surface area (Å²) in [6.07, 6.45) is 9.43. The molecule has 3 nitrogen and oxygen atoms in total. The van der Waals surface area contributed by atoms with Crippen LogP contribution in [0.5, 0.6) is 0 Å². The fourth-order valence-corrected chi connectivity index (χ4v) is 3.32. The highest BCUT2D eigenvalue weighted by molar-refractivity contribution is 5.48. The van der Waals surface area contributed by atoms with Crippen LogP contribution in [-0.4, -0.2) is 23.6 Å². The molecule has 2 atom stereocenters. The molecule has 1 aliphatic heterocycles. The van der Waals surface area contributed by atoms with E-state index in [2.05, 4.69) is 24.8 Å². The molecule has 2 N–H and O–H groups in total. The summed E-state index contributed by atoms with van der Waals surface area (Å²) < 4.78 is 0. The van der Waals surface area contributed by atoms with E-state index in [9.17, 15) is 0 Å². The third-order valence-corrected chi connectivity index (χ3v) is 4.19. The number of hydrogen-bond donors (Lipinski definition) is 1. The molecule has 0 saturated carbocycles. The second-order valence-corrected chi connectivity index (χ2v) is 6.30. The van der Waals surface area contributed by atoms with Gasteiger partial charge in [0.25, 0.3) is 0 Å². The van der Waals surface area contributed by atoms with Crippen LogP contribution < -0.4 is 10.6 Å². The minimum absolute atomic E-state index is 0.199. The Bertz CT molecular complexity index is 426. The summed E-state index contributed by atoms with van der Waals surface area (Å²) >= 11 is 0. The Morgan fingerprint density at radius 2 is 2.25 bits per heavy atom. The minimum Gasteiger partial charge on any atom is -0.353 e. The third-order valence-electron chi connectivity index (χ3n) is 4.19. The predicted molar refractivity (Wildman–Crippen MR) is 86.2 cm³/mol. The van der Waals surface area contributed by atoms with Crippen molar-refractivity contribution in [3.8, 4) is 0 Å². The normalized spacial score (nSPS) is 21.0. The first-order valence-electron chi connectivity index (χ1n) is 8.09. The monoisotopic (exact) mass is 275 g/mol. The van der Waals surface area contributed by atoms with E-state index in [1.165, 1.54) is 49.0 Å². The standard InChI is InChI=1S/C17H29N3/c1-4-7-16-8-5-6-9-20(16)17-13(2)10-15(12-19-17)11-14(3)18/h10,12,14,16H,4-9,11,18H2,1-3H3. The van der Waals surface area contributed by atoms with Gasteiger partial charge in [0, 0.05) is 24.8 Å². The smallest absolute Gasteiger partial charge is 0.131 e. The van der Waals surface area contributed by atoms with Gasteiger partial charge in [0.2, 0.25) is 0 Å². The Kier molecular flexibility index (Phi) is 5.41. The van der Waals surface area contributed by atoms with Crippen LogP contribution in [0.3, 0.4) is 0 Å². The van der Waals surface area contributed by atoms with E-state index in [1.807, 2.05) is 13.1 Å². The summed E-state index contributed by atoms with van der Waals surface area (Å²) in [4.78, 5) is 7.30. The van der Waals surface area contributed by atoms with E-state index >= 15 is 0 Å². The van der Waals surface area contributed by atoms with E-state index in [-0.39, 0.29) is 6.04 Å². The molecule has 2 rings (SSSR count). The number of piperidine rings is 1. The topological polar surface area (TPSA) is 42.2 Å². The van der Waals surface area contributed by atoms with Crippen molar-refractivity contribution < 1.29 is 0 Å². The molecule has 1 aliphatic rings. The maximum Gasteiger partial charge on any atom is 0.131 e. The van der Waals surface area contributed by atoms with Crippen molar-refractivity contribution in [2.45, 2.75) is 71.4 Å². The van der Waals surface area contributed by atoms with Crippen molar-refractivity contribution in [2.75, 3.05) is 11.4 Å². The van der Waals surface area contributed by atoms with Crippen LogP contribution in [0.15, 0.2) is 12.3 Å². The number of nitrogens with two attached hydrogens (primary N) is 1. The first-order chi connectivity index (χ1) is 9.61. The number of aromatic nitrogens is 1. The average molecular weight is 275 g/mol. The Labute approximate surface area is 123 Å². The van der Waals surface area contributed by atoms with Crippen molar-refractivity contribution in [1.82, 2.24) is 4.98 Å². The SMILES string of the molecule is CCCC1CCCCN1c1ncc(CC(C)N)cc1C. The van der Waals surface area contributed by atoms with Gasteiger partial charge in [-0.15, -0.1) is 0 Å². The fraction of sp³-hybridized carbons (Fsp3) is 0.706. The summed E-state index contributed by atoms with van der Waals surface area (Å²) in [5, 5.41) is 0. The maximum absolute atomic E-state index is 5.88. The van der Waals surface area contributed by atoms with Crippen LogP contribution >= 0.6 is 0 Å². The molecule has 1 saturated heterocycles. The van der Waals surface area contributed by atoms with Gasteiger partial charge in [-0.2, -0.15) is 0 Å². The Morgan fingerprint density at radius 1 is 1.45 bits per heavy atom. The summed E-state index contributed by atoms with van der Waals surface area (Å²) in [6.45, 7) is 7.67. The third kappa shape index (κ3) is 3.72. The van der Waals surface area contributed by atoms with Gasteiger partial charge in [0.05, 0.1) is 0 Å². The van der Waals surface area contributed by atoms with Gasteiger partial charge in [-0.25, -0.2) is 4.98 Å². The molecule has 2 heterocycles. The number of nitrogens with zero attached hydrogens (tertiary/aromatic N) is 2. The van der Waals surface area contributed by atoms with Gasteiger partial charge in [0.1, 0.15) is 5.82 Å². The number of anilines is 1. The first-order valence-corrected chi connectivity index (χ1v) is 8.09. The van der Waals surface area contributed by atoms with Crippen LogP contribution in [0, 0.1) is 6.92 Å². The Hall–Kier alpha value is -1.09. The van der Waals surface area contributed by atoms with Gasteiger partial charge in [-0.1, -0.05) is 19.4 Å². The lowest BCUT2D eigenvalue weighted by Gasteiger charge is -2.37. The van der Waals surface area contributed by atoms with Crippen molar-refractivity contribution >= 4 is 5.82 Å². The second-order valence-electron chi connectivity index (χ2n) is 6.30. The molecular weight excluding hydrogens is 246 g/mol. The zero-order chi connectivity index (χ0) is 14.5. The summed E-state index contributed by atoms with van der Waals surface area (Å²) in [7, 11) is 0. The lowest BCUT2D eigenvalue weighted by Crippen LogP contribution is -2.40. The van der Waals surface area contributed by atoms with Gasteiger partial charge >= 0.3 is 0 Å². The summed E-state index contributed by atoms with van der Waals surface area (Å²) in [5.41, 5.74) is 8.43. The average Bonchev–Trinajstić information content (AvgIpc) is 2.40. The predicted octanol–water partition coefficient (Wildman–Crippen LogP) is 3.44. The van der Waals surface area contributed by atoms with E-state index in [0.29, 0.717) is 6.04 Å². The number of rotatable bonds is 5. The molecule has 1 fully saturated rings. The van der Waals surface area contributed by atoms with Gasteiger partial charge in [-0.05, 0) is 57.1 Å². The van der Waals surface area contributed by atoms with Gasteiger partial charge < -0.3 is 10.6 Å². The fourth-order valence-electron chi connectivity index (χ4n) is 3.32. The quantitative estimate of drug-likeness (QED) is 0.895. The highest BCUT2D eigenvalue weighted by atomic mass is 15.2. The first kappa shape index (κ1) is 15.3. The molecule has 112 valence electrons. The maximum atomic E-state index is 5.88. The van der Waals surface area contributed by atoms with Crippen molar-refractivity contribution in [3.63, 3.8) is 0 Å². The zero-order valence-corrected chi connectivity index (χ0v) is 13.2. The molecule has 0 amide bonds. The lowest BCUT2D eigenvalue weighted by molar-refractivity contribution is 0.431. The van der Waals surface area contributed by atoms with E-state index in [4.69, 9.17) is 10.7 Å². The highest BCUT2D eigenvalue weighted by Gasteiger charge is 2.23. The lowest BCUT2D eigenvalue weighted by atomic mass is 9.97. The molecule has 1 aromatic heterocycles. The molecule has 0 spiro atoms. The molecule has 20 heavy (non-hydrogen) atoms. The molecule has 1 aromatic rings. The van der Waals surface area contributed by atoms with E-state index in [1.54, 1.807) is 0 Å². The number of hydrogen-bond acceptors (Lipinski definition) is 3. The molecule has 0 radical (unpaired) electrons. The Balaban J connectivity index is 2.18. The highest BCUT2D eigenvalue weighted by Crippen LogP contribution is 2.28. The van der Waals surface area contributed by atoms with Crippen molar-refractivity contribution in [3.05, 3.63) is 23.4 Å². The van der Waals surface area contributed by atoms with E-state index < -0.39 is 0 Å². The van der Waals surface area contributed by atoms with Gasteiger partial charge in [-0.3, -0.25) is 0 Å². The summed E-state index contributed by atoms with van der Waals surface area (Å²) in [6, 6.07) is 3.15. The van der Waals surface area contributed by atoms with Crippen LogP contribution in [0.25, 0.3) is 0 Å².